The Morgan fingerprint density at radius 3 is 2.55 bits per heavy atom. The number of H-pyrrole nitrogens is 1. The summed E-state index contributed by atoms with van der Waals surface area (Å²) in [5.74, 6) is -0.240. The van der Waals surface area contributed by atoms with Gasteiger partial charge in [-0.3, -0.25) is 0 Å². The van der Waals surface area contributed by atoms with E-state index in [4.69, 9.17) is 18.5 Å². The molecule has 2 aromatic rings. The van der Waals surface area contributed by atoms with Crippen molar-refractivity contribution in [2.24, 2.45) is 5.92 Å². The van der Waals surface area contributed by atoms with Crippen LogP contribution in [0.3, 0.4) is 0 Å². The zero-order valence-electron chi connectivity index (χ0n) is 19.2. The summed E-state index contributed by atoms with van der Waals surface area (Å²) in [6.45, 7) is 12.7. The second-order valence-corrected chi connectivity index (χ2v) is 8.18. The van der Waals surface area contributed by atoms with E-state index in [1.54, 1.807) is 13.8 Å². The molecule has 33 heavy (non-hydrogen) atoms. The number of aromatic amines is 1. The Bertz CT molecular complexity index is 1170. The van der Waals surface area contributed by atoms with Crippen LogP contribution in [-0.4, -0.2) is 30.0 Å². The summed E-state index contributed by atoms with van der Waals surface area (Å²) in [6.07, 6.45) is 6.73. The molecule has 1 aromatic carbocycles. The minimum absolute atomic E-state index is 0.0391. The second-order valence-electron chi connectivity index (χ2n) is 8.18. The number of nitrogens with one attached hydrogen (secondary N) is 1. The normalized spacial score (nSPS) is 17.2. The number of hydrogen-bond donors (Lipinski definition) is 1. The first kappa shape index (κ1) is 23.9. The molecule has 7 nitrogen and oxygen atoms in total. The average molecular weight is 452 g/mol. The Balaban J connectivity index is 1.71. The van der Waals surface area contributed by atoms with E-state index in [2.05, 4.69) is 18.5 Å². The molecule has 7 heteroatoms. The van der Waals surface area contributed by atoms with E-state index >= 15 is 0 Å². The maximum atomic E-state index is 11.8. The molecule has 0 bridgehead atoms. The number of rotatable bonds is 8. The van der Waals surface area contributed by atoms with Gasteiger partial charge in [-0.15, -0.1) is 0 Å². The Morgan fingerprint density at radius 1 is 1.09 bits per heavy atom. The monoisotopic (exact) mass is 451 g/mol. The van der Waals surface area contributed by atoms with Gasteiger partial charge in [0.15, 0.2) is 11.3 Å². The number of carbonyl (C=O) groups is 2. The number of esters is 2. The second kappa shape index (κ2) is 10.7. The molecule has 2 atom stereocenters. The van der Waals surface area contributed by atoms with Crippen molar-refractivity contribution >= 4 is 28.5 Å². The highest BCUT2D eigenvalue weighted by molar-refractivity contribution is 5.87. The lowest BCUT2D eigenvalue weighted by Crippen LogP contribution is -2.24. The third-order valence-electron chi connectivity index (χ3n) is 5.16. The van der Waals surface area contributed by atoms with Gasteiger partial charge < -0.3 is 18.5 Å². The fourth-order valence-corrected chi connectivity index (χ4v) is 3.27. The number of allylic oxidation sites excluding steroid dienone is 2. The van der Waals surface area contributed by atoms with Crippen LogP contribution >= 0.6 is 0 Å². The number of hydrogen-bond acceptors (Lipinski definition) is 6. The van der Waals surface area contributed by atoms with Crippen LogP contribution in [0, 0.1) is 5.92 Å². The van der Waals surface area contributed by atoms with Gasteiger partial charge in [-0.25, -0.2) is 9.59 Å². The van der Waals surface area contributed by atoms with Gasteiger partial charge in [0.2, 0.25) is 0 Å². The van der Waals surface area contributed by atoms with Gasteiger partial charge in [0, 0.05) is 28.0 Å². The van der Waals surface area contributed by atoms with E-state index in [9.17, 15) is 9.59 Å². The highest BCUT2D eigenvalue weighted by atomic mass is 16.7. The number of fused-ring (bicyclic) bond motifs is 1. The van der Waals surface area contributed by atoms with Crippen LogP contribution in [-0.2, 0) is 25.5 Å². The quantitative estimate of drug-likeness (QED) is 0.319. The van der Waals surface area contributed by atoms with E-state index in [1.165, 1.54) is 0 Å². The van der Waals surface area contributed by atoms with Gasteiger partial charge in [0.05, 0.1) is 6.61 Å². The van der Waals surface area contributed by atoms with E-state index in [-0.39, 0.29) is 18.0 Å². The summed E-state index contributed by atoms with van der Waals surface area (Å²) in [7, 11) is 0. The number of aromatic nitrogens is 1. The summed E-state index contributed by atoms with van der Waals surface area (Å²) in [5.41, 5.74) is 3.28. The molecule has 0 saturated heterocycles. The van der Waals surface area contributed by atoms with Crippen molar-refractivity contribution in [3.63, 3.8) is 0 Å². The molecule has 0 saturated carbocycles. The third-order valence-corrected chi connectivity index (χ3v) is 5.16. The van der Waals surface area contributed by atoms with Crippen molar-refractivity contribution < 1.29 is 28.1 Å². The molecule has 1 N–H and O–H groups in total. The van der Waals surface area contributed by atoms with Gasteiger partial charge in [0.1, 0.15) is 6.10 Å². The zero-order chi connectivity index (χ0) is 24.0. The summed E-state index contributed by atoms with van der Waals surface area (Å²) in [4.78, 5) is 23.3. The minimum Gasteiger partial charge on any atom is -0.462 e. The van der Waals surface area contributed by atoms with Crippen molar-refractivity contribution in [1.29, 1.82) is 0 Å². The standard InChI is InChI=1S/C26H29NO6/c1-16(2)25(28)30-12-6-7-19-8-9-21-15-24(33-27-32-23(21)14-19)20-10-11-22(18(5)13-20)31-26(29)17(3)4/h8-11,13-15,18,22,27H,1,3,6-7,12H2,2,4-5H3. The molecule has 1 aliphatic carbocycles. The Labute approximate surface area is 192 Å². The molecule has 1 aromatic heterocycles. The van der Waals surface area contributed by atoms with Crippen molar-refractivity contribution in [2.45, 2.75) is 39.7 Å². The first-order valence-electron chi connectivity index (χ1n) is 10.8. The van der Waals surface area contributed by atoms with E-state index in [0.29, 0.717) is 35.5 Å². The molecule has 0 aliphatic heterocycles. The van der Waals surface area contributed by atoms with Gasteiger partial charge >= 0.3 is 11.9 Å². The lowest BCUT2D eigenvalue weighted by Gasteiger charge is -2.22. The highest BCUT2D eigenvalue weighted by Crippen LogP contribution is 2.28. The number of benzene rings is 1. The van der Waals surface area contributed by atoms with Crippen LogP contribution in [0.5, 0.6) is 0 Å². The van der Waals surface area contributed by atoms with Crippen molar-refractivity contribution in [3.05, 3.63) is 78.1 Å². The Hall–Kier alpha value is -3.74. The number of aryl methyl sites for hydroxylation is 1. The average Bonchev–Trinajstić information content (AvgIpc) is 2.99. The number of ether oxygens (including phenoxy) is 2. The predicted octanol–water partition coefficient (Wildman–Crippen LogP) is 5.61. The molecule has 0 amide bonds. The Kier molecular flexibility index (Phi) is 7.77. The third kappa shape index (κ3) is 6.38. The number of carbonyl (C=O) groups excluding carboxylic acids is 2. The van der Waals surface area contributed by atoms with Gasteiger partial charge in [-0.1, -0.05) is 49.7 Å². The van der Waals surface area contributed by atoms with E-state index in [0.717, 1.165) is 22.9 Å². The molecule has 3 rings (SSSR count). The van der Waals surface area contributed by atoms with E-state index < -0.39 is 5.97 Å². The van der Waals surface area contributed by atoms with Crippen LogP contribution in [0.25, 0.3) is 16.5 Å². The van der Waals surface area contributed by atoms with Gasteiger partial charge in [-0.2, -0.15) is 0 Å². The molecule has 0 fully saturated rings. The van der Waals surface area contributed by atoms with Crippen molar-refractivity contribution in [1.82, 2.24) is 5.33 Å². The fraction of sp³-hybridized carbons (Fsp3) is 0.308. The Morgan fingerprint density at radius 2 is 1.85 bits per heavy atom. The van der Waals surface area contributed by atoms with Crippen molar-refractivity contribution in [3.8, 4) is 0 Å². The summed E-state index contributed by atoms with van der Waals surface area (Å²) in [5, 5.41) is 3.38. The zero-order valence-corrected chi connectivity index (χ0v) is 19.2. The molecular weight excluding hydrogens is 422 g/mol. The summed E-state index contributed by atoms with van der Waals surface area (Å²) >= 11 is 0. The van der Waals surface area contributed by atoms with Crippen LogP contribution in [0.2, 0.25) is 0 Å². The van der Waals surface area contributed by atoms with Gasteiger partial charge in [-0.05, 0) is 50.5 Å². The largest absolute Gasteiger partial charge is 0.462 e. The SMILES string of the molecule is C=C(C)C(=O)OCCCc1ccc2cc(C3=CC(C)C(OC(=O)C(=C)C)C=C3)o[nH]oc2c1. The van der Waals surface area contributed by atoms with Crippen LogP contribution in [0.1, 0.15) is 38.5 Å². The summed E-state index contributed by atoms with van der Waals surface area (Å²) in [6, 6.07) is 7.77. The topological polar surface area (TPSA) is 94.7 Å². The van der Waals surface area contributed by atoms with Crippen LogP contribution in [0.15, 0.2) is 75.8 Å². The lowest BCUT2D eigenvalue weighted by molar-refractivity contribution is -0.143. The first-order valence-corrected chi connectivity index (χ1v) is 10.8. The predicted molar refractivity (Wildman–Crippen MR) is 126 cm³/mol. The molecule has 1 aliphatic rings. The fourth-order valence-electron chi connectivity index (χ4n) is 3.27. The molecule has 2 unspecified atom stereocenters. The smallest absolute Gasteiger partial charge is 0.333 e. The molecule has 1 heterocycles. The maximum absolute atomic E-state index is 11.8. The van der Waals surface area contributed by atoms with Gasteiger partial charge in [0.25, 0.3) is 0 Å². The molecule has 174 valence electrons. The maximum Gasteiger partial charge on any atom is 0.333 e. The van der Waals surface area contributed by atoms with E-state index in [1.807, 2.05) is 49.4 Å². The first-order chi connectivity index (χ1) is 15.7. The molecule has 0 spiro atoms. The summed E-state index contributed by atoms with van der Waals surface area (Å²) < 4.78 is 21.7. The molecule has 0 radical (unpaired) electrons. The van der Waals surface area contributed by atoms with Crippen molar-refractivity contribution in [2.75, 3.05) is 6.61 Å². The molecular formula is C26H29NO6. The lowest BCUT2D eigenvalue weighted by atomic mass is 9.93. The minimum atomic E-state index is -0.410. The highest BCUT2D eigenvalue weighted by Gasteiger charge is 2.22. The van der Waals surface area contributed by atoms with Crippen LogP contribution < -0.4 is 0 Å². The van der Waals surface area contributed by atoms with Crippen LogP contribution in [0.4, 0.5) is 0 Å².